The van der Waals surface area contributed by atoms with Gasteiger partial charge in [0.15, 0.2) is 0 Å². The Morgan fingerprint density at radius 3 is 2.23 bits per heavy atom. The summed E-state index contributed by atoms with van der Waals surface area (Å²) in [6, 6.07) is 7.73. The van der Waals surface area contributed by atoms with E-state index in [4.69, 9.17) is 14.2 Å². The second-order valence-electron chi connectivity index (χ2n) is 8.44. The van der Waals surface area contributed by atoms with Crippen molar-refractivity contribution in [3.8, 4) is 5.75 Å². The van der Waals surface area contributed by atoms with Crippen molar-refractivity contribution in [3.63, 3.8) is 0 Å². The topological polar surface area (TPSA) is 65.0 Å². The van der Waals surface area contributed by atoms with E-state index in [-0.39, 0.29) is 6.10 Å². The number of hydrogen-bond acceptors (Lipinski definition) is 5. The van der Waals surface area contributed by atoms with E-state index in [0.717, 1.165) is 37.0 Å². The fourth-order valence-corrected chi connectivity index (χ4v) is 3.88. The van der Waals surface area contributed by atoms with Crippen LogP contribution >= 0.6 is 0 Å². The number of benzene rings is 1. The number of ether oxygens (including phenoxy) is 3. The van der Waals surface area contributed by atoms with E-state index in [2.05, 4.69) is 13.8 Å². The molecule has 0 spiro atoms. The van der Waals surface area contributed by atoms with Crippen LogP contribution in [0.3, 0.4) is 0 Å². The Morgan fingerprint density at radius 2 is 1.57 bits per heavy atom. The molecule has 30 heavy (non-hydrogen) atoms. The second-order valence-corrected chi connectivity index (χ2v) is 8.44. The number of carbonyl (C=O) groups is 1. The molecule has 0 bridgehead atoms. The largest absolute Gasteiger partial charge is 0.508 e. The smallest absolute Gasteiger partial charge is 0.494 e. The molecule has 5 heteroatoms. The van der Waals surface area contributed by atoms with Gasteiger partial charge in [-0.15, -0.1) is 0 Å². The molecule has 170 valence electrons. The predicted molar refractivity (Wildman–Crippen MR) is 119 cm³/mol. The van der Waals surface area contributed by atoms with Crippen LogP contribution in [-0.4, -0.2) is 30.6 Å². The Bertz CT molecular complexity index is 590. The third-order valence-electron chi connectivity index (χ3n) is 5.90. The molecule has 5 nitrogen and oxygen atoms in total. The lowest BCUT2D eigenvalue weighted by atomic mass is 9.78. The number of carbonyl (C=O) groups excluding carboxylic acids is 1. The summed E-state index contributed by atoms with van der Waals surface area (Å²) in [4.78, 5) is 11.9. The molecule has 1 aliphatic carbocycles. The van der Waals surface area contributed by atoms with Gasteiger partial charge < -0.3 is 19.3 Å². The van der Waals surface area contributed by atoms with E-state index in [1.54, 1.807) is 0 Å². The Morgan fingerprint density at radius 1 is 0.933 bits per heavy atom. The molecule has 1 N–H and O–H groups in total. The van der Waals surface area contributed by atoms with E-state index in [1.165, 1.54) is 25.7 Å². The van der Waals surface area contributed by atoms with Gasteiger partial charge in [0.25, 0.3) is 0 Å². The van der Waals surface area contributed by atoms with Gasteiger partial charge in [-0.05, 0) is 56.2 Å². The Hall–Kier alpha value is -1.75. The Balaban J connectivity index is 1.66. The van der Waals surface area contributed by atoms with Crippen LogP contribution in [0, 0.1) is 0 Å². The molecule has 0 aliphatic heterocycles. The minimum Gasteiger partial charge on any atom is -0.494 e. The molecule has 0 atom stereocenters. The summed E-state index contributed by atoms with van der Waals surface area (Å²) in [7, 11) is 0. The number of unbranched alkanes of at least 4 members (excludes halogenated alkanes) is 6. The van der Waals surface area contributed by atoms with Gasteiger partial charge in [-0.3, -0.25) is 0 Å². The summed E-state index contributed by atoms with van der Waals surface area (Å²) in [5.41, 5.74) is 0.0268. The molecule has 1 aliphatic rings. The first kappa shape index (κ1) is 24.5. The van der Waals surface area contributed by atoms with Gasteiger partial charge in [-0.25, -0.2) is 4.79 Å². The maximum absolute atomic E-state index is 11.9. The minimum absolute atomic E-state index is 0.182. The van der Waals surface area contributed by atoms with Gasteiger partial charge in [0, 0.05) is 0 Å². The molecule has 0 aromatic heterocycles. The van der Waals surface area contributed by atoms with Gasteiger partial charge >= 0.3 is 6.16 Å². The highest BCUT2D eigenvalue weighted by atomic mass is 16.7. The van der Waals surface area contributed by atoms with Crippen LogP contribution in [0.25, 0.3) is 0 Å². The lowest BCUT2D eigenvalue weighted by molar-refractivity contribution is -0.0538. The normalized spacial score (nSPS) is 21.2. The van der Waals surface area contributed by atoms with Crippen molar-refractivity contribution in [1.82, 2.24) is 0 Å². The molecular weight excluding hydrogens is 380 g/mol. The molecule has 1 fully saturated rings. The maximum Gasteiger partial charge on any atom is 0.508 e. The van der Waals surface area contributed by atoms with Crippen molar-refractivity contribution in [1.29, 1.82) is 0 Å². The van der Waals surface area contributed by atoms with Crippen LogP contribution in [-0.2, 0) is 15.1 Å². The molecule has 0 saturated heterocycles. The van der Waals surface area contributed by atoms with Crippen LogP contribution in [0.5, 0.6) is 5.75 Å². The lowest BCUT2D eigenvalue weighted by Crippen LogP contribution is -2.35. The van der Waals surface area contributed by atoms with Crippen molar-refractivity contribution in [2.75, 3.05) is 13.2 Å². The standard InChI is InChI=1S/C25H40O5/c1-3-5-7-8-9-10-20-29-24(26)30-23-15-17-25(27,18-16-23)21-11-13-22(14-12-21)28-19-6-4-2/h11-14,23,27H,3-10,15-20H2,1-2H3. The SMILES string of the molecule is CCCCCCCCOC(=O)OC1CCC(O)(c2ccc(OCCCC)cc2)CC1. The van der Waals surface area contributed by atoms with Gasteiger partial charge in [-0.1, -0.05) is 64.5 Å². The monoisotopic (exact) mass is 420 g/mol. The first-order valence-corrected chi connectivity index (χ1v) is 11.9. The Kier molecular flexibility index (Phi) is 11.1. The molecule has 1 aromatic rings. The van der Waals surface area contributed by atoms with E-state index in [0.29, 0.717) is 38.9 Å². The highest BCUT2D eigenvalue weighted by molar-refractivity contribution is 5.60. The van der Waals surface area contributed by atoms with Gasteiger partial charge in [-0.2, -0.15) is 0 Å². The molecule has 0 heterocycles. The zero-order valence-corrected chi connectivity index (χ0v) is 18.9. The molecule has 0 amide bonds. The van der Waals surface area contributed by atoms with E-state index >= 15 is 0 Å². The molecular formula is C25H40O5. The average molecular weight is 421 g/mol. The van der Waals surface area contributed by atoms with Crippen molar-refractivity contribution in [2.24, 2.45) is 0 Å². The van der Waals surface area contributed by atoms with Crippen LogP contribution in [0.15, 0.2) is 24.3 Å². The third-order valence-corrected chi connectivity index (χ3v) is 5.90. The first-order valence-electron chi connectivity index (χ1n) is 11.9. The zero-order valence-electron chi connectivity index (χ0n) is 18.9. The van der Waals surface area contributed by atoms with Gasteiger partial charge in [0.1, 0.15) is 11.9 Å². The molecule has 1 saturated carbocycles. The van der Waals surface area contributed by atoms with E-state index in [9.17, 15) is 9.90 Å². The predicted octanol–water partition coefficient (Wildman–Crippen LogP) is 6.51. The molecule has 0 radical (unpaired) electrons. The van der Waals surface area contributed by atoms with Gasteiger partial charge in [0.05, 0.1) is 18.8 Å². The fourth-order valence-electron chi connectivity index (χ4n) is 3.88. The van der Waals surface area contributed by atoms with Crippen LogP contribution in [0.4, 0.5) is 4.79 Å². The van der Waals surface area contributed by atoms with Crippen molar-refractivity contribution < 1.29 is 24.1 Å². The molecule has 2 rings (SSSR count). The van der Waals surface area contributed by atoms with Crippen molar-refractivity contribution in [2.45, 2.75) is 103 Å². The van der Waals surface area contributed by atoms with Crippen LogP contribution in [0.2, 0.25) is 0 Å². The van der Waals surface area contributed by atoms with Crippen LogP contribution in [0.1, 0.15) is 96.5 Å². The summed E-state index contributed by atoms with van der Waals surface area (Å²) >= 11 is 0. The number of rotatable bonds is 13. The van der Waals surface area contributed by atoms with E-state index in [1.807, 2.05) is 24.3 Å². The maximum atomic E-state index is 11.9. The zero-order chi connectivity index (χ0) is 21.7. The van der Waals surface area contributed by atoms with E-state index < -0.39 is 11.8 Å². The summed E-state index contributed by atoms with van der Waals surface area (Å²) in [6.45, 7) is 5.48. The fraction of sp³-hybridized carbons (Fsp3) is 0.720. The third kappa shape index (κ3) is 8.55. The van der Waals surface area contributed by atoms with Crippen molar-refractivity contribution in [3.05, 3.63) is 29.8 Å². The number of hydrogen-bond donors (Lipinski definition) is 1. The minimum atomic E-state index is -0.871. The lowest BCUT2D eigenvalue weighted by Gasteiger charge is -2.36. The quantitative estimate of drug-likeness (QED) is 0.291. The highest BCUT2D eigenvalue weighted by Gasteiger charge is 2.36. The van der Waals surface area contributed by atoms with Crippen LogP contribution < -0.4 is 4.74 Å². The van der Waals surface area contributed by atoms with Gasteiger partial charge in [0.2, 0.25) is 0 Å². The summed E-state index contributed by atoms with van der Waals surface area (Å²) in [5.74, 6) is 0.834. The first-order chi connectivity index (χ1) is 14.6. The second kappa shape index (κ2) is 13.5. The Labute approximate surface area is 182 Å². The summed E-state index contributed by atoms with van der Waals surface area (Å²) in [5, 5.41) is 11.0. The number of aliphatic hydroxyl groups is 1. The molecule has 1 aromatic carbocycles. The summed E-state index contributed by atoms with van der Waals surface area (Å²) in [6.07, 6.45) is 10.7. The highest BCUT2D eigenvalue weighted by Crippen LogP contribution is 2.38. The van der Waals surface area contributed by atoms with Crippen molar-refractivity contribution >= 4 is 6.16 Å². The summed E-state index contributed by atoms with van der Waals surface area (Å²) < 4.78 is 16.3. The average Bonchev–Trinajstić information content (AvgIpc) is 2.75. The molecule has 0 unspecified atom stereocenters.